The Balaban J connectivity index is 1.94. The van der Waals surface area contributed by atoms with Gasteiger partial charge in [0.15, 0.2) is 0 Å². The summed E-state index contributed by atoms with van der Waals surface area (Å²) in [6.07, 6.45) is -0.618. The van der Waals surface area contributed by atoms with Crippen molar-refractivity contribution in [1.82, 2.24) is 5.32 Å². The number of benzene rings is 2. The van der Waals surface area contributed by atoms with E-state index in [0.29, 0.717) is 12.4 Å². The summed E-state index contributed by atoms with van der Waals surface area (Å²) in [6, 6.07) is 13.8. The van der Waals surface area contributed by atoms with E-state index in [-0.39, 0.29) is 6.42 Å². The molecule has 0 aromatic heterocycles. The van der Waals surface area contributed by atoms with Gasteiger partial charge in [-0.2, -0.15) is 0 Å². The van der Waals surface area contributed by atoms with Gasteiger partial charge in [0.2, 0.25) is 0 Å². The topological polar surface area (TPSA) is 84.9 Å². The highest BCUT2D eigenvalue weighted by Crippen LogP contribution is 2.20. The molecule has 6 nitrogen and oxygen atoms in total. The van der Waals surface area contributed by atoms with Crippen LogP contribution in [-0.2, 0) is 22.6 Å². The SMILES string of the molecule is CC(C)(C)OC(=O)N[C@@H](Cc1ccc(OCc2ccccc2Br)cc1)C(=O)O. The molecule has 2 aromatic rings. The van der Waals surface area contributed by atoms with Crippen molar-refractivity contribution in [3.05, 3.63) is 64.1 Å². The number of halogens is 1. The first kappa shape index (κ1) is 21.8. The average Bonchev–Trinajstić information content (AvgIpc) is 2.60. The van der Waals surface area contributed by atoms with Crippen LogP contribution in [0, 0.1) is 0 Å². The predicted molar refractivity (Wildman–Crippen MR) is 109 cm³/mol. The molecule has 7 heteroatoms. The zero-order valence-electron chi connectivity index (χ0n) is 16.1. The average molecular weight is 450 g/mol. The van der Waals surface area contributed by atoms with Gasteiger partial charge in [-0.05, 0) is 44.5 Å². The van der Waals surface area contributed by atoms with Crippen molar-refractivity contribution in [2.24, 2.45) is 0 Å². The van der Waals surface area contributed by atoms with Crippen LogP contribution in [0.25, 0.3) is 0 Å². The standard InChI is InChI=1S/C21H24BrNO5/c1-21(2,3)28-20(26)23-18(19(24)25)12-14-8-10-16(11-9-14)27-13-15-6-4-5-7-17(15)22/h4-11,18H,12-13H2,1-3H3,(H,23,26)(H,24,25)/t18-/m0/s1. The largest absolute Gasteiger partial charge is 0.489 e. The lowest BCUT2D eigenvalue weighted by atomic mass is 10.1. The molecule has 0 heterocycles. The highest BCUT2D eigenvalue weighted by molar-refractivity contribution is 9.10. The first-order chi connectivity index (χ1) is 13.1. The van der Waals surface area contributed by atoms with Crippen LogP contribution in [0.5, 0.6) is 5.75 Å². The fourth-order valence-corrected chi connectivity index (χ4v) is 2.78. The summed E-state index contributed by atoms with van der Waals surface area (Å²) in [5.41, 5.74) is 1.09. The zero-order chi connectivity index (χ0) is 20.7. The van der Waals surface area contributed by atoms with E-state index in [4.69, 9.17) is 9.47 Å². The maximum atomic E-state index is 11.8. The number of aliphatic carboxylic acids is 1. The van der Waals surface area contributed by atoms with E-state index in [1.54, 1.807) is 45.0 Å². The van der Waals surface area contributed by atoms with Gasteiger partial charge in [0.25, 0.3) is 0 Å². The van der Waals surface area contributed by atoms with Crippen molar-refractivity contribution in [1.29, 1.82) is 0 Å². The molecule has 28 heavy (non-hydrogen) atoms. The number of rotatable bonds is 7. The summed E-state index contributed by atoms with van der Waals surface area (Å²) in [4.78, 5) is 23.3. The van der Waals surface area contributed by atoms with E-state index in [2.05, 4.69) is 21.2 Å². The molecule has 0 aliphatic rings. The number of carboxylic acids is 1. The molecule has 1 amide bonds. The number of hydrogen-bond donors (Lipinski definition) is 2. The number of carbonyl (C=O) groups excluding carboxylic acids is 1. The molecule has 0 unspecified atom stereocenters. The van der Waals surface area contributed by atoms with E-state index in [9.17, 15) is 14.7 Å². The summed E-state index contributed by atoms with van der Waals surface area (Å²) in [5, 5.41) is 11.8. The number of nitrogens with one attached hydrogen (secondary N) is 1. The van der Waals surface area contributed by atoms with Crippen molar-refractivity contribution in [2.75, 3.05) is 0 Å². The molecular formula is C21H24BrNO5. The lowest BCUT2D eigenvalue weighted by Gasteiger charge is -2.22. The Morgan fingerprint density at radius 1 is 1.11 bits per heavy atom. The summed E-state index contributed by atoms with van der Waals surface area (Å²) in [7, 11) is 0. The fraction of sp³-hybridized carbons (Fsp3) is 0.333. The predicted octanol–water partition coefficient (Wildman–Crippen LogP) is 4.55. The first-order valence-electron chi connectivity index (χ1n) is 8.81. The van der Waals surface area contributed by atoms with Crippen LogP contribution in [0.1, 0.15) is 31.9 Å². The third-order valence-electron chi connectivity index (χ3n) is 3.70. The van der Waals surface area contributed by atoms with Crippen molar-refractivity contribution >= 4 is 28.0 Å². The van der Waals surface area contributed by atoms with E-state index in [1.807, 2.05) is 24.3 Å². The number of ether oxygens (including phenoxy) is 2. The second kappa shape index (κ2) is 9.59. The van der Waals surface area contributed by atoms with Gasteiger partial charge in [0.05, 0.1) is 0 Å². The van der Waals surface area contributed by atoms with Crippen molar-refractivity contribution < 1.29 is 24.2 Å². The molecular weight excluding hydrogens is 426 g/mol. The number of hydrogen-bond acceptors (Lipinski definition) is 4. The minimum atomic E-state index is -1.12. The molecule has 2 aromatic carbocycles. The summed E-state index contributed by atoms with van der Waals surface area (Å²) in [5.74, 6) is -0.452. The van der Waals surface area contributed by atoms with E-state index >= 15 is 0 Å². The fourth-order valence-electron chi connectivity index (χ4n) is 2.38. The van der Waals surface area contributed by atoms with Gasteiger partial charge in [-0.15, -0.1) is 0 Å². The van der Waals surface area contributed by atoms with Gasteiger partial charge in [-0.25, -0.2) is 9.59 Å². The molecule has 1 atom stereocenters. The Hall–Kier alpha value is -2.54. The van der Waals surface area contributed by atoms with E-state index < -0.39 is 23.7 Å². The quantitative estimate of drug-likeness (QED) is 0.647. The minimum Gasteiger partial charge on any atom is -0.489 e. The zero-order valence-corrected chi connectivity index (χ0v) is 17.7. The monoisotopic (exact) mass is 449 g/mol. The smallest absolute Gasteiger partial charge is 0.408 e. The highest BCUT2D eigenvalue weighted by atomic mass is 79.9. The van der Waals surface area contributed by atoms with Gasteiger partial charge in [-0.3, -0.25) is 0 Å². The molecule has 2 N–H and O–H groups in total. The molecule has 0 bridgehead atoms. The molecule has 150 valence electrons. The maximum Gasteiger partial charge on any atom is 0.408 e. The van der Waals surface area contributed by atoms with Crippen LogP contribution in [0.3, 0.4) is 0 Å². The van der Waals surface area contributed by atoms with Gasteiger partial charge < -0.3 is 19.9 Å². The molecule has 2 rings (SSSR count). The van der Waals surface area contributed by atoms with Crippen LogP contribution in [0.15, 0.2) is 53.0 Å². The third kappa shape index (κ3) is 7.23. The van der Waals surface area contributed by atoms with Crippen molar-refractivity contribution in [2.45, 2.75) is 45.4 Å². The molecule has 0 aliphatic carbocycles. The Morgan fingerprint density at radius 2 is 1.75 bits per heavy atom. The third-order valence-corrected chi connectivity index (χ3v) is 4.48. The van der Waals surface area contributed by atoms with Crippen LogP contribution in [0.2, 0.25) is 0 Å². The Morgan fingerprint density at radius 3 is 2.32 bits per heavy atom. The molecule has 0 saturated heterocycles. The van der Waals surface area contributed by atoms with Gasteiger partial charge in [0.1, 0.15) is 24.0 Å². The Labute approximate surface area is 173 Å². The van der Waals surface area contributed by atoms with E-state index in [1.165, 1.54) is 0 Å². The number of alkyl carbamates (subject to hydrolysis) is 1. The minimum absolute atomic E-state index is 0.138. The summed E-state index contributed by atoms with van der Waals surface area (Å²) >= 11 is 3.48. The highest BCUT2D eigenvalue weighted by Gasteiger charge is 2.24. The Bertz CT molecular complexity index is 814. The van der Waals surface area contributed by atoms with Gasteiger partial charge >= 0.3 is 12.1 Å². The summed E-state index contributed by atoms with van der Waals surface area (Å²) in [6.45, 7) is 5.57. The first-order valence-corrected chi connectivity index (χ1v) is 9.61. The lowest BCUT2D eigenvalue weighted by Crippen LogP contribution is -2.44. The maximum absolute atomic E-state index is 11.8. The second-order valence-electron chi connectivity index (χ2n) is 7.27. The van der Waals surface area contributed by atoms with Gasteiger partial charge in [0, 0.05) is 16.5 Å². The normalized spacial score (nSPS) is 12.1. The number of carbonyl (C=O) groups is 2. The molecule has 0 radical (unpaired) electrons. The van der Waals surface area contributed by atoms with Crippen LogP contribution < -0.4 is 10.1 Å². The lowest BCUT2D eigenvalue weighted by molar-refractivity contribution is -0.139. The molecule has 0 saturated carbocycles. The molecule has 0 fully saturated rings. The second-order valence-corrected chi connectivity index (χ2v) is 8.12. The number of amides is 1. The number of carboxylic acid groups (broad SMARTS) is 1. The van der Waals surface area contributed by atoms with Crippen molar-refractivity contribution in [3.63, 3.8) is 0 Å². The van der Waals surface area contributed by atoms with Gasteiger partial charge in [-0.1, -0.05) is 46.3 Å². The Kier molecular flexibility index (Phi) is 7.45. The van der Waals surface area contributed by atoms with Crippen LogP contribution >= 0.6 is 15.9 Å². The molecule has 0 aliphatic heterocycles. The van der Waals surface area contributed by atoms with E-state index in [0.717, 1.165) is 15.6 Å². The molecule has 0 spiro atoms. The van der Waals surface area contributed by atoms with Crippen LogP contribution in [-0.4, -0.2) is 28.8 Å². The van der Waals surface area contributed by atoms with Crippen LogP contribution in [0.4, 0.5) is 4.79 Å². The summed E-state index contributed by atoms with van der Waals surface area (Å²) < 4.78 is 11.9. The van der Waals surface area contributed by atoms with Crippen molar-refractivity contribution in [3.8, 4) is 5.75 Å².